The molecule has 0 aliphatic carbocycles. The highest BCUT2D eigenvalue weighted by atomic mass is 16.6. The number of nitrogens with zero attached hydrogens (tertiary/aromatic N) is 1. The standard InChI is InChI=1S/C28H29N3O5/c1-17(18-6-3-2-4-7-18)30-26(33)14-21-13-23-22-12-20(31-28(34)19-8-5-11-29-15-19)9-10-24(22)36-27(23)25(16-32)35-21/h2-12,15,17,21,23,25,27,32H,13-14,16H2,1H3,(H,30,33)(H,31,34)/t17-,21+,23-,25-,27+/m0/s1. The van der Waals surface area contributed by atoms with Crippen molar-refractivity contribution in [1.29, 1.82) is 0 Å². The second-order valence-corrected chi connectivity index (χ2v) is 9.26. The fourth-order valence-electron chi connectivity index (χ4n) is 5.00. The van der Waals surface area contributed by atoms with E-state index in [0.717, 1.165) is 11.1 Å². The number of amides is 2. The molecule has 186 valence electrons. The zero-order chi connectivity index (χ0) is 25.1. The molecular weight excluding hydrogens is 458 g/mol. The van der Waals surface area contributed by atoms with Crippen LogP contribution >= 0.6 is 0 Å². The Kier molecular flexibility index (Phi) is 6.97. The van der Waals surface area contributed by atoms with Crippen LogP contribution in [0, 0.1) is 0 Å². The molecular formula is C28H29N3O5. The minimum absolute atomic E-state index is 0.0644. The zero-order valence-electron chi connectivity index (χ0n) is 20.0. The minimum Gasteiger partial charge on any atom is -0.487 e. The first kappa shape index (κ1) is 24.0. The number of hydrogen-bond acceptors (Lipinski definition) is 6. The van der Waals surface area contributed by atoms with Gasteiger partial charge in [-0.1, -0.05) is 30.3 Å². The van der Waals surface area contributed by atoms with Crippen molar-refractivity contribution in [3.8, 4) is 5.75 Å². The summed E-state index contributed by atoms with van der Waals surface area (Å²) < 4.78 is 12.2. The van der Waals surface area contributed by atoms with Gasteiger partial charge in [-0.25, -0.2) is 0 Å². The highest BCUT2D eigenvalue weighted by molar-refractivity contribution is 6.04. The molecule has 0 saturated carbocycles. The van der Waals surface area contributed by atoms with E-state index < -0.39 is 6.10 Å². The number of aliphatic hydroxyl groups excluding tert-OH is 1. The van der Waals surface area contributed by atoms with Crippen LogP contribution in [0.1, 0.15) is 53.2 Å². The van der Waals surface area contributed by atoms with Crippen molar-refractivity contribution in [2.24, 2.45) is 0 Å². The van der Waals surface area contributed by atoms with Gasteiger partial charge in [0.05, 0.1) is 30.7 Å². The number of nitrogens with one attached hydrogen (secondary N) is 2. The van der Waals surface area contributed by atoms with Crippen molar-refractivity contribution >= 4 is 17.5 Å². The molecule has 2 aliphatic rings. The van der Waals surface area contributed by atoms with Gasteiger partial charge in [-0.3, -0.25) is 14.6 Å². The predicted molar refractivity (Wildman–Crippen MR) is 134 cm³/mol. The highest BCUT2D eigenvalue weighted by Crippen LogP contribution is 2.47. The first-order valence-electron chi connectivity index (χ1n) is 12.1. The molecule has 8 nitrogen and oxygen atoms in total. The Hall–Kier alpha value is -3.75. The number of aliphatic hydroxyl groups is 1. The number of pyridine rings is 1. The number of rotatable bonds is 7. The summed E-state index contributed by atoms with van der Waals surface area (Å²) in [6, 6.07) is 18.6. The van der Waals surface area contributed by atoms with Crippen LogP contribution in [0.2, 0.25) is 0 Å². The number of hydrogen-bond donors (Lipinski definition) is 3. The molecule has 5 atom stereocenters. The average molecular weight is 488 g/mol. The first-order valence-corrected chi connectivity index (χ1v) is 12.1. The van der Waals surface area contributed by atoms with E-state index >= 15 is 0 Å². The quantitative estimate of drug-likeness (QED) is 0.470. The van der Waals surface area contributed by atoms with Crippen LogP contribution in [0.15, 0.2) is 73.1 Å². The number of carbonyl (C=O) groups is 2. The molecule has 3 aromatic rings. The third-order valence-corrected chi connectivity index (χ3v) is 6.77. The molecule has 0 spiro atoms. The maximum absolute atomic E-state index is 12.8. The van der Waals surface area contributed by atoms with Crippen molar-refractivity contribution in [2.75, 3.05) is 11.9 Å². The third kappa shape index (κ3) is 5.10. The largest absolute Gasteiger partial charge is 0.487 e. The molecule has 3 N–H and O–H groups in total. The lowest BCUT2D eigenvalue weighted by Gasteiger charge is -2.37. The number of benzene rings is 2. The topological polar surface area (TPSA) is 110 Å². The summed E-state index contributed by atoms with van der Waals surface area (Å²) >= 11 is 0. The van der Waals surface area contributed by atoms with Crippen molar-refractivity contribution in [3.63, 3.8) is 0 Å². The SMILES string of the molecule is C[C@H](NC(=O)C[C@H]1C[C@H]2c3cc(NC(=O)c4cccnc4)ccc3O[C@H]2[C@H](CO)O1)c1ccccc1. The fraction of sp³-hybridized carbons (Fsp3) is 0.321. The zero-order valence-corrected chi connectivity index (χ0v) is 20.0. The van der Waals surface area contributed by atoms with Crippen LogP contribution in [0.4, 0.5) is 5.69 Å². The predicted octanol–water partition coefficient (Wildman–Crippen LogP) is 3.60. The Morgan fingerprint density at radius 2 is 1.97 bits per heavy atom. The molecule has 1 aromatic heterocycles. The van der Waals surface area contributed by atoms with Crippen molar-refractivity contribution in [3.05, 3.63) is 89.7 Å². The van der Waals surface area contributed by atoms with Crippen LogP contribution in [-0.2, 0) is 9.53 Å². The Balaban J connectivity index is 1.28. The number of ether oxygens (including phenoxy) is 2. The van der Waals surface area contributed by atoms with E-state index in [1.54, 1.807) is 24.4 Å². The lowest BCUT2D eigenvalue weighted by atomic mass is 9.84. The van der Waals surface area contributed by atoms with Crippen LogP contribution < -0.4 is 15.4 Å². The minimum atomic E-state index is -0.547. The van der Waals surface area contributed by atoms with Gasteiger partial charge in [-0.15, -0.1) is 0 Å². The maximum atomic E-state index is 12.8. The maximum Gasteiger partial charge on any atom is 0.257 e. The molecule has 2 aliphatic heterocycles. The van der Waals surface area contributed by atoms with Gasteiger partial charge in [-0.2, -0.15) is 0 Å². The highest BCUT2D eigenvalue weighted by Gasteiger charge is 2.46. The second-order valence-electron chi connectivity index (χ2n) is 9.26. The second kappa shape index (κ2) is 10.5. The number of fused-ring (bicyclic) bond motifs is 3. The number of carbonyl (C=O) groups excluding carboxylic acids is 2. The third-order valence-electron chi connectivity index (χ3n) is 6.77. The summed E-state index contributed by atoms with van der Waals surface area (Å²) in [6.07, 6.45) is 2.62. The number of anilines is 1. The molecule has 8 heteroatoms. The average Bonchev–Trinajstić information content (AvgIpc) is 3.27. The van der Waals surface area contributed by atoms with Crippen LogP contribution in [0.3, 0.4) is 0 Å². The summed E-state index contributed by atoms with van der Waals surface area (Å²) in [4.78, 5) is 29.4. The molecule has 3 heterocycles. The Bertz CT molecular complexity index is 1220. The van der Waals surface area contributed by atoms with E-state index in [9.17, 15) is 14.7 Å². The van der Waals surface area contributed by atoms with Crippen LogP contribution in [-0.4, -0.2) is 46.8 Å². The van der Waals surface area contributed by atoms with E-state index in [-0.39, 0.29) is 49.0 Å². The first-order chi connectivity index (χ1) is 17.5. The molecule has 0 bridgehead atoms. The summed E-state index contributed by atoms with van der Waals surface area (Å²) in [5, 5.41) is 15.9. The lowest BCUT2D eigenvalue weighted by molar-refractivity contribution is -0.142. The summed E-state index contributed by atoms with van der Waals surface area (Å²) in [5.74, 6) is 0.281. The molecule has 2 aromatic carbocycles. The number of aromatic nitrogens is 1. The monoisotopic (exact) mass is 487 g/mol. The Labute approximate surface area is 209 Å². The van der Waals surface area contributed by atoms with E-state index in [1.807, 2.05) is 49.4 Å². The molecule has 2 amide bonds. The van der Waals surface area contributed by atoms with Gasteiger partial charge in [0, 0.05) is 29.6 Å². The smallest absolute Gasteiger partial charge is 0.257 e. The van der Waals surface area contributed by atoms with Gasteiger partial charge in [0.25, 0.3) is 5.91 Å². The van der Waals surface area contributed by atoms with E-state index in [0.29, 0.717) is 23.4 Å². The summed E-state index contributed by atoms with van der Waals surface area (Å²) in [7, 11) is 0. The molecule has 0 radical (unpaired) electrons. The Morgan fingerprint density at radius 1 is 1.14 bits per heavy atom. The molecule has 5 rings (SSSR count). The molecule has 1 saturated heterocycles. The van der Waals surface area contributed by atoms with Crippen LogP contribution in [0.5, 0.6) is 5.75 Å². The summed E-state index contributed by atoms with van der Waals surface area (Å²) in [5.41, 5.74) is 3.08. The van der Waals surface area contributed by atoms with Crippen molar-refractivity contribution in [2.45, 2.75) is 50.0 Å². The molecule has 1 fully saturated rings. The van der Waals surface area contributed by atoms with E-state index in [1.165, 1.54) is 6.20 Å². The lowest BCUT2D eigenvalue weighted by Crippen LogP contribution is -2.47. The molecule has 36 heavy (non-hydrogen) atoms. The van der Waals surface area contributed by atoms with E-state index in [4.69, 9.17) is 9.47 Å². The summed E-state index contributed by atoms with van der Waals surface area (Å²) in [6.45, 7) is 1.74. The van der Waals surface area contributed by atoms with E-state index in [2.05, 4.69) is 15.6 Å². The van der Waals surface area contributed by atoms with Gasteiger partial charge >= 0.3 is 0 Å². The Morgan fingerprint density at radius 3 is 2.72 bits per heavy atom. The van der Waals surface area contributed by atoms with Gasteiger partial charge in [0.2, 0.25) is 5.91 Å². The van der Waals surface area contributed by atoms with Gasteiger partial charge in [-0.05, 0) is 49.2 Å². The normalized spacial score (nSPS) is 23.1. The van der Waals surface area contributed by atoms with Gasteiger partial charge < -0.3 is 25.2 Å². The fourth-order valence-corrected chi connectivity index (χ4v) is 5.00. The molecule has 0 unspecified atom stereocenters. The van der Waals surface area contributed by atoms with Gasteiger partial charge in [0.1, 0.15) is 18.0 Å². The van der Waals surface area contributed by atoms with Crippen molar-refractivity contribution in [1.82, 2.24) is 10.3 Å². The van der Waals surface area contributed by atoms with Crippen LogP contribution in [0.25, 0.3) is 0 Å². The van der Waals surface area contributed by atoms with Gasteiger partial charge in [0.15, 0.2) is 0 Å². The van der Waals surface area contributed by atoms with Crippen molar-refractivity contribution < 1.29 is 24.2 Å².